The maximum Gasteiger partial charge on any atom is 0.136 e. The van der Waals surface area contributed by atoms with Crippen LogP contribution in [0.1, 0.15) is 0 Å². The highest BCUT2D eigenvalue weighted by atomic mass is 32.1. The fraction of sp³-hybridized carbons (Fsp3) is 0. The van der Waals surface area contributed by atoms with Crippen LogP contribution in [0, 0.1) is 0 Å². The smallest absolute Gasteiger partial charge is 0.136 e. The molecule has 0 amide bonds. The highest BCUT2D eigenvalue weighted by molar-refractivity contribution is 7.26. The molecule has 0 fully saturated rings. The van der Waals surface area contributed by atoms with Crippen molar-refractivity contribution in [3.63, 3.8) is 0 Å². The van der Waals surface area contributed by atoms with E-state index in [1.165, 1.54) is 57.2 Å². The molecular weight excluding hydrogens is 671 g/mol. The summed E-state index contributed by atoms with van der Waals surface area (Å²) in [6.07, 6.45) is 0. The van der Waals surface area contributed by atoms with Gasteiger partial charge in [-0.1, -0.05) is 109 Å². The van der Waals surface area contributed by atoms with Crippen molar-refractivity contribution in [2.24, 2.45) is 0 Å². The lowest BCUT2D eigenvalue weighted by atomic mass is 9.99. The van der Waals surface area contributed by atoms with E-state index in [0.717, 1.165) is 44.4 Å². The molecule has 3 aromatic heterocycles. The topological polar surface area (TPSA) is 16.4 Å². The van der Waals surface area contributed by atoms with E-state index in [1.54, 1.807) is 0 Å². The number of nitrogens with zero attached hydrogens (tertiary/aromatic N) is 1. The van der Waals surface area contributed by atoms with Crippen LogP contribution in [0.4, 0.5) is 17.1 Å². The Morgan fingerprint density at radius 2 is 1.04 bits per heavy atom. The fourth-order valence-corrected chi connectivity index (χ4v) is 10.2. The van der Waals surface area contributed by atoms with Crippen molar-refractivity contribution < 1.29 is 4.42 Å². The molecule has 0 radical (unpaired) electrons. The number of furan rings is 1. The standard InChI is InChI=1S/C48H29NOS2/c1-4-18-42-36(12-1)37-27-24-32(29-43(37)50-42)31-10-7-11-34(28-31)49(41-17-8-16-39-38-13-2-5-19-44(38)52-48(39)41)33-25-22-30(23-26-33)35-15-9-21-46-47(35)40-14-3-6-20-45(40)51-46/h1-29H. The van der Waals surface area contributed by atoms with Gasteiger partial charge in [0.2, 0.25) is 0 Å². The maximum atomic E-state index is 6.29. The fourth-order valence-electron chi connectivity index (χ4n) is 7.87. The first-order chi connectivity index (χ1) is 25.8. The second-order valence-corrected chi connectivity index (χ2v) is 15.4. The first-order valence-electron chi connectivity index (χ1n) is 17.5. The van der Waals surface area contributed by atoms with Gasteiger partial charge in [0.05, 0.1) is 10.4 Å². The first kappa shape index (κ1) is 29.5. The van der Waals surface area contributed by atoms with E-state index in [4.69, 9.17) is 4.42 Å². The van der Waals surface area contributed by atoms with Crippen LogP contribution in [0.15, 0.2) is 180 Å². The van der Waals surface area contributed by atoms with Crippen LogP contribution in [-0.2, 0) is 0 Å². The molecule has 0 aliphatic carbocycles. The molecule has 244 valence electrons. The summed E-state index contributed by atoms with van der Waals surface area (Å²) in [4.78, 5) is 2.42. The molecular formula is C48H29NOS2. The number of hydrogen-bond acceptors (Lipinski definition) is 4. The third-order valence-electron chi connectivity index (χ3n) is 10.3. The van der Waals surface area contributed by atoms with Crippen molar-refractivity contribution in [1.82, 2.24) is 0 Å². The van der Waals surface area contributed by atoms with E-state index in [9.17, 15) is 0 Å². The van der Waals surface area contributed by atoms with Crippen LogP contribution in [-0.4, -0.2) is 0 Å². The lowest BCUT2D eigenvalue weighted by molar-refractivity contribution is 0.669. The number of fused-ring (bicyclic) bond motifs is 9. The molecule has 4 heteroatoms. The average molecular weight is 700 g/mol. The number of rotatable bonds is 5. The molecule has 0 saturated carbocycles. The maximum absolute atomic E-state index is 6.29. The number of thiophene rings is 2. The predicted octanol–water partition coefficient (Wildman–Crippen LogP) is 15.1. The molecule has 0 spiro atoms. The van der Waals surface area contributed by atoms with Crippen molar-refractivity contribution >= 4 is 102 Å². The van der Waals surface area contributed by atoms with Crippen LogP contribution in [0.5, 0.6) is 0 Å². The Balaban J connectivity index is 1.08. The summed E-state index contributed by atoms with van der Waals surface area (Å²) >= 11 is 3.72. The lowest BCUT2D eigenvalue weighted by Gasteiger charge is -2.27. The Bertz CT molecular complexity index is 3150. The molecule has 0 N–H and O–H groups in total. The number of hydrogen-bond donors (Lipinski definition) is 0. The third-order valence-corrected chi connectivity index (χ3v) is 12.6. The van der Waals surface area contributed by atoms with Gasteiger partial charge in [0, 0.05) is 57.8 Å². The third kappa shape index (κ3) is 4.62. The molecule has 2 nitrogen and oxygen atoms in total. The largest absolute Gasteiger partial charge is 0.456 e. The average Bonchev–Trinajstić information content (AvgIpc) is 3.90. The summed E-state index contributed by atoms with van der Waals surface area (Å²) in [5.74, 6) is 0. The molecule has 0 unspecified atom stereocenters. The minimum absolute atomic E-state index is 0.903. The zero-order valence-electron chi connectivity index (χ0n) is 27.9. The molecule has 3 heterocycles. The second kappa shape index (κ2) is 11.7. The summed E-state index contributed by atoms with van der Waals surface area (Å²) in [5, 5.41) is 7.51. The summed E-state index contributed by atoms with van der Waals surface area (Å²) < 4.78 is 11.5. The van der Waals surface area contributed by atoms with Crippen LogP contribution < -0.4 is 4.90 Å². The van der Waals surface area contributed by atoms with Gasteiger partial charge < -0.3 is 9.32 Å². The van der Waals surface area contributed by atoms with E-state index in [2.05, 4.69) is 169 Å². The normalized spacial score (nSPS) is 11.8. The summed E-state index contributed by atoms with van der Waals surface area (Å²) in [7, 11) is 0. The van der Waals surface area contributed by atoms with E-state index in [0.29, 0.717) is 0 Å². The zero-order chi connectivity index (χ0) is 34.2. The molecule has 0 aliphatic heterocycles. The minimum Gasteiger partial charge on any atom is -0.456 e. The predicted molar refractivity (Wildman–Crippen MR) is 225 cm³/mol. The molecule has 8 aromatic carbocycles. The van der Waals surface area contributed by atoms with Crippen LogP contribution in [0.3, 0.4) is 0 Å². The second-order valence-electron chi connectivity index (χ2n) is 13.3. The van der Waals surface area contributed by atoms with Gasteiger partial charge >= 0.3 is 0 Å². The number of benzene rings is 8. The van der Waals surface area contributed by atoms with Gasteiger partial charge in [0.1, 0.15) is 11.2 Å². The van der Waals surface area contributed by atoms with Gasteiger partial charge in [0.25, 0.3) is 0 Å². The highest BCUT2D eigenvalue weighted by Crippen LogP contribution is 2.46. The lowest BCUT2D eigenvalue weighted by Crippen LogP contribution is -2.10. The summed E-state index contributed by atoms with van der Waals surface area (Å²) in [6, 6.07) is 63.7. The van der Waals surface area contributed by atoms with E-state index < -0.39 is 0 Å². The highest BCUT2D eigenvalue weighted by Gasteiger charge is 2.20. The monoisotopic (exact) mass is 699 g/mol. The van der Waals surface area contributed by atoms with Gasteiger partial charge in [0.15, 0.2) is 0 Å². The number of anilines is 3. The van der Waals surface area contributed by atoms with Gasteiger partial charge in [-0.15, -0.1) is 22.7 Å². The van der Waals surface area contributed by atoms with Crippen molar-refractivity contribution in [3.8, 4) is 22.3 Å². The Labute approximate surface area is 308 Å². The summed E-state index contributed by atoms with van der Waals surface area (Å²) in [6.45, 7) is 0. The van der Waals surface area contributed by atoms with Gasteiger partial charge in [-0.2, -0.15) is 0 Å². The Hall–Kier alpha value is -6.20. The van der Waals surface area contributed by atoms with Gasteiger partial charge in [-0.05, 0) is 89.0 Å². The minimum atomic E-state index is 0.903. The van der Waals surface area contributed by atoms with E-state index in [-0.39, 0.29) is 0 Å². The molecule has 0 atom stereocenters. The molecule has 0 aliphatic rings. The van der Waals surface area contributed by atoms with Crippen molar-refractivity contribution in [2.45, 2.75) is 0 Å². The Morgan fingerprint density at radius 3 is 1.92 bits per heavy atom. The zero-order valence-corrected chi connectivity index (χ0v) is 29.5. The van der Waals surface area contributed by atoms with Crippen LogP contribution in [0.2, 0.25) is 0 Å². The number of para-hydroxylation sites is 1. The quantitative estimate of drug-likeness (QED) is 0.178. The van der Waals surface area contributed by atoms with Crippen LogP contribution in [0.25, 0.3) is 84.5 Å². The van der Waals surface area contributed by atoms with E-state index >= 15 is 0 Å². The van der Waals surface area contributed by atoms with E-state index in [1.807, 2.05) is 34.8 Å². The Kier molecular flexibility index (Phi) is 6.63. The molecule has 0 saturated heterocycles. The molecule has 11 aromatic rings. The van der Waals surface area contributed by atoms with Crippen molar-refractivity contribution in [3.05, 3.63) is 176 Å². The summed E-state index contributed by atoms with van der Waals surface area (Å²) in [5.41, 5.74) is 9.95. The Morgan fingerprint density at radius 1 is 0.385 bits per heavy atom. The van der Waals surface area contributed by atoms with Crippen molar-refractivity contribution in [2.75, 3.05) is 4.90 Å². The SMILES string of the molecule is c1cc(-c2ccc3c(c2)oc2ccccc23)cc(N(c2ccc(-c3cccc4sc5ccccc5c34)cc2)c2cccc3c2sc2ccccc23)c1. The molecule has 0 bridgehead atoms. The van der Waals surface area contributed by atoms with Gasteiger partial charge in [-0.3, -0.25) is 0 Å². The first-order valence-corrected chi connectivity index (χ1v) is 19.1. The molecule has 11 rings (SSSR count). The van der Waals surface area contributed by atoms with Crippen molar-refractivity contribution in [1.29, 1.82) is 0 Å². The van der Waals surface area contributed by atoms with Crippen LogP contribution >= 0.6 is 22.7 Å². The van der Waals surface area contributed by atoms with Gasteiger partial charge in [-0.25, -0.2) is 0 Å². The molecule has 52 heavy (non-hydrogen) atoms.